The number of ether oxygens (including phenoxy) is 3. The molecule has 2 aromatic rings. The van der Waals surface area contributed by atoms with Crippen LogP contribution in [-0.2, 0) is 17.6 Å². The molecule has 0 heterocycles. The van der Waals surface area contributed by atoms with Crippen LogP contribution in [0.4, 0.5) is 0 Å². The van der Waals surface area contributed by atoms with Gasteiger partial charge >= 0.3 is 5.97 Å². The molecule has 0 aromatic heterocycles. The third-order valence-electron chi connectivity index (χ3n) is 3.44. The van der Waals surface area contributed by atoms with Crippen molar-refractivity contribution in [1.82, 2.24) is 0 Å². The molecule has 23 heavy (non-hydrogen) atoms. The Kier molecular flexibility index (Phi) is 6.03. The van der Waals surface area contributed by atoms with E-state index in [0.717, 1.165) is 23.3 Å². The summed E-state index contributed by atoms with van der Waals surface area (Å²) >= 11 is 0. The number of rotatable bonds is 7. The third-order valence-corrected chi connectivity index (χ3v) is 3.44. The van der Waals surface area contributed by atoms with E-state index in [9.17, 15) is 4.79 Å². The lowest BCUT2D eigenvalue weighted by atomic mass is 10.1. The van der Waals surface area contributed by atoms with Crippen molar-refractivity contribution in [2.24, 2.45) is 0 Å². The van der Waals surface area contributed by atoms with Crippen molar-refractivity contribution in [3.63, 3.8) is 0 Å². The molecule has 2 rings (SSSR count). The van der Waals surface area contributed by atoms with E-state index in [1.807, 2.05) is 43.3 Å². The minimum atomic E-state index is -0.322. The summed E-state index contributed by atoms with van der Waals surface area (Å²) in [6, 6.07) is 13.0. The Labute approximate surface area is 137 Å². The summed E-state index contributed by atoms with van der Waals surface area (Å²) in [7, 11) is 1.57. The molecule has 0 N–H and O–H groups in total. The summed E-state index contributed by atoms with van der Waals surface area (Å²) in [5.41, 5.74) is 2.01. The van der Waals surface area contributed by atoms with Gasteiger partial charge in [-0.1, -0.05) is 25.1 Å². The molecule has 0 atom stereocenters. The second kappa shape index (κ2) is 8.22. The summed E-state index contributed by atoms with van der Waals surface area (Å²) < 4.78 is 16.1. The Hall–Kier alpha value is -2.49. The number of hydrogen-bond acceptors (Lipinski definition) is 4. The number of carbonyl (C=O) groups excluding carboxylic acids is 1. The van der Waals surface area contributed by atoms with E-state index in [0.29, 0.717) is 18.1 Å². The minimum absolute atomic E-state index is 0.199. The summed E-state index contributed by atoms with van der Waals surface area (Å²) in [6.07, 6.45) is 1.10. The lowest BCUT2D eigenvalue weighted by Crippen LogP contribution is -2.12. The Bertz CT molecular complexity index is 647. The maximum absolute atomic E-state index is 12.1. The predicted octanol–water partition coefficient (Wildman–Crippen LogP) is 3.80. The summed E-state index contributed by atoms with van der Waals surface area (Å²) in [4.78, 5) is 12.1. The van der Waals surface area contributed by atoms with Crippen molar-refractivity contribution in [1.29, 1.82) is 0 Å². The van der Waals surface area contributed by atoms with Crippen LogP contribution >= 0.6 is 0 Å². The molecule has 0 fully saturated rings. The number of esters is 1. The van der Waals surface area contributed by atoms with E-state index in [4.69, 9.17) is 14.2 Å². The van der Waals surface area contributed by atoms with Crippen molar-refractivity contribution >= 4 is 5.97 Å². The smallest absolute Gasteiger partial charge is 0.315 e. The van der Waals surface area contributed by atoms with Gasteiger partial charge in [-0.2, -0.15) is 0 Å². The van der Waals surface area contributed by atoms with Gasteiger partial charge in [-0.05, 0) is 48.7 Å². The van der Waals surface area contributed by atoms with Gasteiger partial charge in [-0.3, -0.25) is 4.79 Å². The van der Waals surface area contributed by atoms with Gasteiger partial charge < -0.3 is 14.2 Å². The van der Waals surface area contributed by atoms with E-state index < -0.39 is 0 Å². The fraction of sp³-hybridized carbons (Fsp3) is 0.316. The highest BCUT2D eigenvalue weighted by Crippen LogP contribution is 2.28. The van der Waals surface area contributed by atoms with Crippen LogP contribution in [0.15, 0.2) is 42.5 Å². The van der Waals surface area contributed by atoms with E-state index in [1.165, 1.54) is 0 Å². The molecule has 0 bridgehead atoms. The predicted molar refractivity (Wildman–Crippen MR) is 89.3 cm³/mol. The van der Waals surface area contributed by atoms with Crippen molar-refractivity contribution in [2.75, 3.05) is 13.7 Å². The second-order valence-corrected chi connectivity index (χ2v) is 5.07. The molecule has 122 valence electrons. The van der Waals surface area contributed by atoms with E-state index in [-0.39, 0.29) is 12.4 Å². The monoisotopic (exact) mass is 314 g/mol. The molecule has 0 aliphatic rings. The molecule has 4 nitrogen and oxygen atoms in total. The highest BCUT2D eigenvalue weighted by atomic mass is 16.6. The molecule has 0 unspecified atom stereocenters. The summed E-state index contributed by atoms with van der Waals surface area (Å²) in [5, 5.41) is 0. The molecule has 0 saturated carbocycles. The molecule has 2 aromatic carbocycles. The van der Waals surface area contributed by atoms with Crippen LogP contribution in [0.2, 0.25) is 0 Å². The third kappa shape index (κ3) is 4.74. The van der Waals surface area contributed by atoms with Crippen LogP contribution in [0.1, 0.15) is 25.0 Å². The van der Waals surface area contributed by atoms with Gasteiger partial charge in [-0.25, -0.2) is 0 Å². The van der Waals surface area contributed by atoms with Crippen molar-refractivity contribution < 1.29 is 19.0 Å². The van der Waals surface area contributed by atoms with Crippen LogP contribution < -0.4 is 14.2 Å². The molecule has 4 heteroatoms. The first-order valence-corrected chi connectivity index (χ1v) is 7.75. The zero-order chi connectivity index (χ0) is 16.7. The standard InChI is InChI=1S/C19H22O4/c1-4-14-8-11-17(18(12-14)21-3)23-19(20)13-15-6-9-16(10-7-15)22-5-2/h6-12H,4-5,13H2,1-3H3. The lowest BCUT2D eigenvalue weighted by molar-refractivity contribution is -0.133. The van der Waals surface area contributed by atoms with Crippen LogP contribution in [-0.4, -0.2) is 19.7 Å². The SMILES string of the molecule is CCOc1ccc(CC(=O)Oc2ccc(CC)cc2OC)cc1. The summed E-state index contributed by atoms with van der Waals surface area (Å²) in [5.74, 6) is 1.49. The Balaban J connectivity index is 2.01. The van der Waals surface area contributed by atoms with Crippen molar-refractivity contribution in [2.45, 2.75) is 26.7 Å². The van der Waals surface area contributed by atoms with E-state index in [2.05, 4.69) is 6.92 Å². The number of methoxy groups -OCH3 is 1. The van der Waals surface area contributed by atoms with Crippen LogP contribution in [0.5, 0.6) is 17.2 Å². The highest BCUT2D eigenvalue weighted by molar-refractivity contribution is 5.76. The van der Waals surface area contributed by atoms with Gasteiger partial charge in [0.2, 0.25) is 0 Å². The van der Waals surface area contributed by atoms with Crippen LogP contribution in [0.25, 0.3) is 0 Å². The Morgan fingerprint density at radius 3 is 2.26 bits per heavy atom. The quantitative estimate of drug-likeness (QED) is 0.576. The van der Waals surface area contributed by atoms with Crippen molar-refractivity contribution in [3.05, 3.63) is 53.6 Å². The van der Waals surface area contributed by atoms with Crippen LogP contribution in [0, 0.1) is 0 Å². The fourth-order valence-corrected chi connectivity index (χ4v) is 2.21. The van der Waals surface area contributed by atoms with Gasteiger partial charge in [0.1, 0.15) is 5.75 Å². The average Bonchev–Trinajstić information content (AvgIpc) is 2.57. The van der Waals surface area contributed by atoms with Crippen LogP contribution in [0.3, 0.4) is 0 Å². The first-order valence-electron chi connectivity index (χ1n) is 7.75. The zero-order valence-electron chi connectivity index (χ0n) is 13.8. The number of benzene rings is 2. The number of aryl methyl sites for hydroxylation is 1. The van der Waals surface area contributed by atoms with E-state index >= 15 is 0 Å². The molecule has 0 aliphatic heterocycles. The Morgan fingerprint density at radius 1 is 0.957 bits per heavy atom. The first kappa shape index (κ1) is 16.9. The lowest BCUT2D eigenvalue weighted by Gasteiger charge is -2.11. The maximum Gasteiger partial charge on any atom is 0.315 e. The zero-order valence-corrected chi connectivity index (χ0v) is 13.8. The topological polar surface area (TPSA) is 44.8 Å². The average molecular weight is 314 g/mol. The van der Waals surface area contributed by atoms with Gasteiger partial charge in [0.25, 0.3) is 0 Å². The number of hydrogen-bond donors (Lipinski definition) is 0. The normalized spacial score (nSPS) is 10.2. The van der Waals surface area contributed by atoms with Gasteiger partial charge in [0.15, 0.2) is 11.5 Å². The second-order valence-electron chi connectivity index (χ2n) is 5.07. The number of carbonyl (C=O) groups is 1. The largest absolute Gasteiger partial charge is 0.494 e. The first-order chi connectivity index (χ1) is 11.2. The van der Waals surface area contributed by atoms with Gasteiger partial charge in [-0.15, -0.1) is 0 Å². The van der Waals surface area contributed by atoms with E-state index in [1.54, 1.807) is 13.2 Å². The summed E-state index contributed by atoms with van der Waals surface area (Å²) in [6.45, 7) is 4.61. The Morgan fingerprint density at radius 2 is 1.65 bits per heavy atom. The molecular weight excluding hydrogens is 292 g/mol. The molecule has 0 aliphatic carbocycles. The van der Waals surface area contributed by atoms with Crippen molar-refractivity contribution in [3.8, 4) is 17.2 Å². The molecule has 0 saturated heterocycles. The van der Waals surface area contributed by atoms with Gasteiger partial charge in [0, 0.05) is 0 Å². The molecule has 0 radical (unpaired) electrons. The molecule has 0 spiro atoms. The fourth-order valence-electron chi connectivity index (χ4n) is 2.21. The molecule has 0 amide bonds. The van der Waals surface area contributed by atoms with Gasteiger partial charge in [0.05, 0.1) is 20.1 Å². The highest BCUT2D eigenvalue weighted by Gasteiger charge is 2.11. The molecular formula is C19H22O4. The maximum atomic E-state index is 12.1. The minimum Gasteiger partial charge on any atom is -0.494 e.